The van der Waals surface area contributed by atoms with Crippen molar-refractivity contribution in [3.8, 4) is 0 Å². The number of aliphatic hydroxyl groups is 1. The SMILES string of the molecule is CC(CN(C)Cc1ccccc1Cl)C(O)c1ccccc1. The molecule has 0 aliphatic heterocycles. The molecule has 0 saturated heterocycles. The molecule has 0 heterocycles. The van der Waals surface area contributed by atoms with Gasteiger partial charge in [-0.15, -0.1) is 0 Å². The second kappa shape index (κ2) is 7.60. The lowest BCUT2D eigenvalue weighted by Crippen LogP contribution is -2.27. The summed E-state index contributed by atoms with van der Waals surface area (Å²) in [4.78, 5) is 2.19. The van der Waals surface area contributed by atoms with Crippen LogP contribution in [0.1, 0.15) is 24.2 Å². The van der Waals surface area contributed by atoms with E-state index in [4.69, 9.17) is 11.6 Å². The molecule has 0 bridgehead atoms. The van der Waals surface area contributed by atoms with Crippen LogP contribution in [0, 0.1) is 5.92 Å². The number of nitrogens with zero attached hydrogens (tertiary/aromatic N) is 1. The maximum atomic E-state index is 10.4. The van der Waals surface area contributed by atoms with Gasteiger partial charge in [-0.3, -0.25) is 0 Å². The summed E-state index contributed by atoms with van der Waals surface area (Å²) in [7, 11) is 2.05. The molecular formula is C18H22ClNO. The zero-order valence-electron chi connectivity index (χ0n) is 12.5. The molecule has 2 aromatic carbocycles. The Morgan fingerprint density at radius 3 is 2.33 bits per heavy atom. The average Bonchev–Trinajstić information content (AvgIpc) is 2.49. The highest BCUT2D eigenvalue weighted by Gasteiger charge is 2.18. The third-order valence-electron chi connectivity index (χ3n) is 3.68. The van der Waals surface area contributed by atoms with Crippen LogP contribution in [0.15, 0.2) is 54.6 Å². The van der Waals surface area contributed by atoms with E-state index in [0.717, 1.165) is 29.2 Å². The molecule has 3 heteroatoms. The minimum Gasteiger partial charge on any atom is -0.388 e. The van der Waals surface area contributed by atoms with Crippen molar-refractivity contribution in [3.05, 3.63) is 70.7 Å². The normalized spacial score (nSPS) is 14.1. The van der Waals surface area contributed by atoms with Gasteiger partial charge in [0.05, 0.1) is 6.10 Å². The van der Waals surface area contributed by atoms with Gasteiger partial charge in [-0.05, 0) is 30.2 Å². The first-order valence-electron chi connectivity index (χ1n) is 7.23. The smallest absolute Gasteiger partial charge is 0.0827 e. The zero-order valence-corrected chi connectivity index (χ0v) is 13.3. The van der Waals surface area contributed by atoms with Crippen molar-refractivity contribution in [2.45, 2.75) is 19.6 Å². The summed E-state index contributed by atoms with van der Waals surface area (Å²) >= 11 is 6.19. The van der Waals surface area contributed by atoms with Crippen molar-refractivity contribution >= 4 is 11.6 Å². The maximum absolute atomic E-state index is 10.4. The molecule has 0 spiro atoms. The van der Waals surface area contributed by atoms with Crippen LogP contribution in [0.25, 0.3) is 0 Å². The highest BCUT2D eigenvalue weighted by molar-refractivity contribution is 6.31. The fourth-order valence-electron chi connectivity index (χ4n) is 2.55. The molecule has 0 fully saturated rings. The van der Waals surface area contributed by atoms with Gasteiger partial charge in [0, 0.05) is 18.1 Å². The molecule has 2 nitrogen and oxygen atoms in total. The highest BCUT2D eigenvalue weighted by atomic mass is 35.5. The third-order valence-corrected chi connectivity index (χ3v) is 4.05. The van der Waals surface area contributed by atoms with Crippen molar-refractivity contribution < 1.29 is 5.11 Å². The number of aliphatic hydroxyl groups excluding tert-OH is 1. The van der Waals surface area contributed by atoms with E-state index in [9.17, 15) is 5.11 Å². The van der Waals surface area contributed by atoms with Crippen LogP contribution in [-0.4, -0.2) is 23.6 Å². The molecule has 0 saturated carbocycles. The zero-order chi connectivity index (χ0) is 15.2. The summed E-state index contributed by atoms with van der Waals surface area (Å²) in [5.41, 5.74) is 2.08. The van der Waals surface area contributed by atoms with Gasteiger partial charge in [0.2, 0.25) is 0 Å². The molecule has 2 atom stereocenters. The molecule has 0 radical (unpaired) electrons. The fraction of sp³-hybridized carbons (Fsp3) is 0.333. The summed E-state index contributed by atoms with van der Waals surface area (Å²) in [6.07, 6.45) is -0.445. The van der Waals surface area contributed by atoms with Gasteiger partial charge >= 0.3 is 0 Å². The Labute approximate surface area is 132 Å². The number of benzene rings is 2. The largest absolute Gasteiger partial charge is 0.388 e. The summed E-state index contributed by atoms with van der Waals surface area (Å²) in [6.45, 7) is 3.66. The topological polar surface area (TPSA) is 23.5 Å². The van der Waals surface area contributed by atoms with Crippen molar-refractivity contribution in [1.29, 1.82) is 0 Å². The predicted molar refractivity (Wildman–Crippen MR) is 88.4 cm³/mol. The van der Waals surface area contributed by atoms with E-state index in [1.54, 1.807) is 0 Å². The lowest BCUT2D eigenvalue weighted by atomic mass is 9.97. The molecule has 0 aliphatic carbocycles. The van der Waals surface area contributed by atoms with Crippen molar-refractivity contribution in [1.82, 2.24) is 4.90 Å². The number of rotatable bonds is 6. The van der Waals surface area contributed by atoms with E-state index in [2.05, 4.69) is 18.9 Å². The Morgan fingerprint density at radius 2 is 1.67 bits per heavy atom. The first kappa shape index (κ1) is 16.0. The summed E-state index contributed by atoms with van der Waals surface area (Å²) in [5, 5.41) is 11.2. The minimum absolute atomic E-state index is 0.153. The van der Waals surface area contributed by atoms with Crippen LogP contribution in [0.3, 0.4) is 0 Å². The molecule has 112 valence electrons. The Balaban J connectivity index is 1.93. The first-order chi connectivity index (χ1) is 10.1. The van der Waals surface area contributed by atoms with E-state index in [1.807, 2.05) is 54.6 Å². The Morgan fingerprint density at radius 1 is 1.05 bits per heavy atom. The quantitative estimate of drug-likeness (QED) is 0.867. The molecule has 1 N–H and O–H groups in total. The van der Waals surface area contributed by atoms with E-state index in [-0.39, 0.29) is 5.92 Å². The molecule has 2 aromatic rings. The lowest BCUT2D eigenvalue weighted by Gasteiger charge is -2.25. The van der Waals surface area contributed by atoms with Crippen molar-refractivity contribution in [2.75, 3.05) is 13.6 Å². The molecule has 2 rings (SSSR count). The first-order valence-corrected chi connectivity index (χ1v) is 7.60. The second-order valence-corrected chi connectivity index (χ2v) is 6.03. The van der Waals surface area contributed by atoms with Crippen LogP contribution in [0.5, 0.6) is 0 Å². The molecule has 2 unspecified atom stereocenters. The van der Waals surface area contributed by atoms with Gasteiger partial charge in [0.15, 0.2) is 0 Å². The van der Waals surface area contributed by atoms with Crippen LogP contribution in [0.2, 0.25) is 5.02 Å². The van der Waals surface area contributed by atoms with Gasteiger partial charge in [-0.1, -0.05) is 67.1 Å². The van der Waals surface area contributed by atoms with Crippen LogP contribution < -0.4 is 0 Å². The van der Waals surface area contributed by atoms with Crippen LogP contribution >= 0.6 is 11.6 Å². The standard InChI is InChI=1S/C18H22ClNO/c1-14(18(21)15-8-4-3-5-9-15)12-20(2)13-16-10-6-7-11-17(16)19/h3-11,14,18,21H,12-13H2,1-2H3. The van der Waals surface area contributed by atoms with Crippen molar-refractivity contribution in [2.24, 2.45) is 5.92 Å². The van der Waals surface area contributed by atoms with E-state index < -0.39 is 6.10 Å². The Bertz CT molecular complexity index is 558. The number of halogens is 1. The van der Waals surface area contributed by atoms with E-state index in [0.29, 0.717) is 0 Å². The molecule has 0 amide bonds. The molecule has 21 heavy (non-hydrogen) atoms. The highest BCUT2D eigenvalue weighted by Crippen LogP contribution is 2.23. The summed E-state index contributed by atoms with van der Waals surface area (Å²) in [5.74, 6) is 0.153. The maximum Gasteiger partial charge on any atom is 0.0827 e. The van der Waals surface area contributed by atoms with Gasteiger partial charge < -0.3 is 10.0 Å². The predicted octanol–water partition coefficient (Wildman–Crippen LogP) is 4.14. The average molecular weight is 304 g/mol. The van der Waals surface area contributed by atoms with E-state index in [1.165, 1.54) is 0 Å². The second-order valence-electron chi connectivity index (χ2n) is 5.62. The summed E-state index contributed by atoms with van der Waals surface area (Å²) < 4.78 is 0. The van der Waals surface area contributed by atoms with Crippen LogP contribution in [-0.2, 0) is 6.54 Å². The molecule has 0 aliphatic rings. The Hall–Kier alpha value is -1.35. The van der Waals surface area contributed by atoms with Gasteiger partial charge in [0.25, 0.3) is 0 Å². The molecule has 0 aromatic heterocycles. The summed E-state index contributed by atoms with van der Waals surface area (Å²) in [6, 6.07) is 17.7. The van der Waals surface area contributed by atoms with E-state index >= 15 is 0 Å². The fourth-order valence-corrected chi connectivity index (χ4v) is 2.75. The number of hydrogen-bond acceptors (Lipinski definition) is 2. The monoisotopic (exact) mass is 303 g/mol. The van der Waals surface area contributed by atoms with Gasteiger partial charge in [-0.2, -0.15) is 0 Å². The van der Waals surface area contributed by atoms with Crippen LogP contribution in [0.4, 0.5) is 0 Å². The number of hydrogen-bond donors (Lipinski definition) is 1. The van der Waals surface area contributed by atoms with Gasteiger partial charge in [-0.25, -0.2) is 0 Å². The van der Waals surface area contributed by atoms with Crippen molar-refractivity contribution in [3.63, 3.8) is 0 Å². The molecular weight excluding hydrogens is 282 g/mol. The van der Waals surface area contributed by atoms with Gasteiger partial charge in [0.1, 0.15) is 0 Å². The minimum atomic E-state index is -0.445. The Kier molecular flexibility index (Phi) is 5.80. The lowest BCUT2D eigenvalue weighted by molar-refractivity contribution is 0.0933. The third kappa shape index (κ3) is 4.57.